The third-order valence-corrected chi connectivity index (χ3v) is 1.85. The molecule has 3 heteroatoms. The van der Waals surface area contributed by atoms with Crippen molar-refractivity contribution in [3.05, 3.63) is 18.1 Å². The lowest BCUT2D eigenvalue weighted by Gasteiger charge is -2.17. The Balaban J connectivity index is 2.79. The van der Waals surface area contributed by atoms with Crippen LogP contribution >= 0.6 is 0 Å². The zero-order chi connectivity index (χ0) is 8.97. The zero-order valence-electron chi connectivity index (χ0n) is 7.41. The molecule has 1 heterocycles. The van der Waals surface area contributed by atoms with Gasteiger partial charge in [0.15, 0.2) is 12.0 Å². The van der Waals surface area contributed by atoms with Crippen molar-refractivity contribution in [2.45, 2.75) is 13.8 Å². The molecular formula is C9H13NO2. The summed E-state index contributed by atoms with van der Waals surface area (Å²) in [6, 6.07) is 1.75. The molecule has 0 amide bonds. The van der Waals surface area contributed by atoms with Gasteiger partial charge in [0.2, 0.25) is 0 Å². The van der Waals surface area contributed by atoms with Crippen LogP contribution in [-0.2, 0) is 0 Å². The second kappa shape index (κ2) is 3.95. The minimum atomic E-state index is 0.386. The van der Waals surface area contributed by atoms with Crippen LogP contribution in [0.1, 0.15) is 24.4 Å². The van der Waals surface area contributed by atoms with Crippen LogP contribution in [0.2, 0.25) is 0 Å². The number of anilines is 1. The highest BCUT2D eigenvalue weighted by atomic mass is 16.3. The molecule has 1 rings (SSSR count). The Morgan fingerprint density at radius 2 is 2.17 bits per heavy atom. The fourth-order valence-electron chi connectivity index (χ4n) is 1.16. The molecule has 0 fully saturated rings. The molecule has 0 saturated heterocycles. The summed E-state index contributed by atoms with van der Waals surface area (Å²) in [5, 5.41) is 0. The van der Waals surface area contributed by atoms with Crippen LogP contribution in [0.5, 0.6) is 0 Å². The van der Waals surface area contributed by atoms with E-state index in [0.717, 1.165) is 18.8 Å². The van der Waals surface area contributed by atoms with E-state index in [2.05, 4.69) is 18.7 Å². The van der Waals surface area contributed by atoms with Gasteiger partial charge in [0, 0.05) is 19.2 Å². The van der Waals surface area contributed by atoms with E-state index in [4.69, 9.17) is 4.42 Å². The molecule has 0 atom stereocenters. The van der Waals surface area contributed by atoms with Crippen molar-refractivity contribution >= 4 is 12.0 Å². The average molecular weight is 167 g/mol. The van der Waals surface area contributed by atoms with Crippen molar-refractivity contribution in [2.75, 3.05) is 18.0 Å². The van der Waals surface area contributed by atoms with Gasteiger partial charge in [-0.15, -0.1) is 0 Å². The maximum atomic E-state index is 10.3. The quantitative estimate of drug-likeness (QED) is 0.642. The minimum Gasteiger partial charge on any atom is -0.459 e. The van der Waals surface area contributed by atoms with Gasteiger partial charge in [0.25, 0.3) is 0 Å². The monoisotopic (exact) mass is 167 g/mol. The van der Waals surface area contributed by atoms with Crippen LogP contribution in [-0.4, -0.2) is 19.4 Å². The Hall–Kier alpha value is -1.25. The molecule has 0 unspecified atom stereocenters. The normalized spacial score (nSPS) is 9.83. The van der Waals surface area contributed by atoms with E-state index in [1.54, 1.807) is 12.3 Å². The Bertz CT molecular complexity index is 251. The number of hydrogen-bond donors (Lipinski definition) is 0. The van der Waals surface area contributed by atoms with E-state index >= 15 is 0 Å². The second-order valence-electron chi connectivity index (χ2n) is 2.50. The van der Waals surface area contributed by atoms with Crippen molar-refractivity contribution in [1.82, 2.24) is 0 Å². The molecular weight excluding hydrogens is 154 g/mol. The summed E-state index contributed by atoms with van der Waals surface area (Å²) in [6.45, 7) is 5.98. The number of nitrogens with zero attached hydrogens (tertiary/aromatic N) is 1. The molecule has 3 nitrogen and oxygen atoms in total. The van der Waals surface area contributed by atoms with E-state index in [1.165, 1.54) is 0 Å². The SMILES string of the molecule is CCN(CC)c1coc(C=O)c1. The van der Waals surface area contributed by atoms with Gasteiger partial charge in [-0.05, 0) is 13.8 Å². The first-order valence-corrected chi connectivity index (χ1v) is 4.10. The van der Waals surface area contributed by atoms with Crippen molar-refractivity contribution < 1.29 is 9.21 Å². The van der Waals surface area contributed by atoms with Gasteiger partial charge in [-0.2, -0.15) is 0 Å². The summed E-state index contributed by atoms with van der Waals surface area (Å²) in [7, 11) is 0. The van der Waals surface area contributed by atoms with Crippen LogP contribution in [0.4, 0.5) is 5.69 Å². The fourth-order valence-corrected chi connectivity index (χ4v) is 1.16. The molecule has 0 N–H and O–H groups in total. The molecule has 66 valence electrons. The summed E-state index contributed by atoms with van der Waals surface area (Å²) in [5.41, 5.74) is 0.974. The van der Waals surface area contributed by atoms with E-state index < -0.39 is 0 Å². The molecule has 0 spiro atoms. The first kappa shape index (κ1) is 8.84. The molecule has 0 radical (unpaired) electrons. The summed E-state index contributed by atoms with van der Waals surface area (Å²) in [6.07, 6.45) is 2.32. The lowest BCUT2D eigenvalue weighted by molar-refractivity contribution is 0.110. The van der Waals surface area contributed by atoms with Crippen molar-refractivity contribution in [1.29, 1.82) is 0 Å². The number of aldehydes is 1. The molecule has 0 aliphatic rings. The zero-order valence-corrected chi connectivity index (χ0v) is 7.41. The molecule has 0 aliphatic heterocycles. The molecule has 12 heavy (non-hydrogen) atoms. The van der Waals surface area contributed by atoms with Crippen LogP contribution in [0.15, 0.2) is 16.7 Å². The van der Waals surface area contributed by atoms with Crippen LogP contribution < -0.4 is 4.90 Å². The molecule has 0 aliphatic carbocycles. The Morgan fingerprint density at radius 3 is 2.58 bits per heavy atom. The Labute approximate surface area is 72.0 Å². The highest BCUT2D eigenvalue weighted by Gasteiger charge is 2.05. The number of rotatable bonds is 4. The van der Waals surface area contributed by atoms with E-state index in [9.17, 15) is 4.79 Å². The summed E-state index contributed by atoms with van der Waals surface area (Å²) in [5.74, 6) is 0.386. The second-order valence-corrected chi connectivity index (χ2v) is 2.50. The standard InChI is InChI=1S/C9H13NO2/c1-3-10(4-2)8-5-9(6-11)12-7-8/h5-7H,3-4H2,1-2H3. The molecule has 1 aromatic heterocycles. The summed E-state index contributed by atoms with van der Waals surface area (Å²) >= 11 is 0. The van der Waals surface area contributed by atoms with Gasteiger partial charge in [-0.25, -0.2) is 0 Å². The van der Waals surface area contributed by atoms with E-state index in [-0.39, 0.29) is 0 Å². The number of carbonyl (C=O) groups excluding carboxylic acids is 1. The van der Waals surface area contributed by atoms with E-state index in [0.29, 0.717) is 12.0 Å². The maximum Gasteiger partial charge on any atom is 0.185 e. The lowest BCUT2D eigenvalue weighted by atomic mass is 10.4. The van der Waals surface area contributed by atoms with Gasteiger partial charge >= 0.3 is 0 Å². The first-order valence-electron chi connectivity index (χ1n) is 4.10. The Morgan fingerprint density at radius 1 is 1.50 bits per heavy atom. The predicted molar refractivity (Wildman–Crippen MR) is 47.7 cm³/mol. The van der Waals surface area contributed by atoms with Crippen LogP contribution in [0.3, 0.4) is 0 Å². The van der Waals surface area contributed by atoms with Crippen molar-refractivity contribution in [2.24, 2.45) is 0 Å². The van der Waals surface area contributed by atoms with Gasteiger partial charge in [-0.3, -0.25) is 4.79 Å². The smallest absolute Gasteiger partial charge is 0.185 e. The highest BCUT2D eigenvalue weighted by Crippen LogP contribution is 2.16. The third kappa shape index (κ3) is 1.67. The summed E-state index contributed by atoms with van der Waals surface area (Å²) < 4.78 is 4.99. The fraction of sp³-hybridized carbons (Fsp3) is 0.444. The predicted octanol–water partition coefficient (Wildman–Crippen LogP) is 1.94. The number of carbonyl (C=O) groups is 1. The van der Waals surface area contributed by atoms with Gasteiger partial charge in [0.1, 0.15) is 6.26 Å². The van der Waals surface area contributed by atoms with Crippen molar-refractivity contribution in [3.63, 3.8) is 0 Å². The van der Waals surface area contributed by atoms with Gasteiger partial charge < -0.3 is 9.32 Å². The van der Waals surface area contributed by atoms with Crippen LogP contribution in [0.25, 0.3) is 0 Å². The van der Waals surface area contributed by atoms with Gasteiger partial charge in [0.05, 0.1) is 5.69 Å². The van der Waals surface area contributed by atoms with Crippen LogP contribution in [0, 0.1) is 0 Å². The number of furan rings is 1. The van der Waals surface area contributed by atoms with Crippen molar-refractivity contribution in [3.8, 4) is 0 Å². The lowest BCUT2D eigenvalue weighted by Crippen LogP contribution is -2.20. The van der Waals surface area contributed by atoms with Gasteiger partial charge in [-0.1, -0.05) is 0 Å². The van der Waals surface area contributed by atoms with E-state index in [1.807, 2.05) is 0 Å². The first-order chi connectivity index (χ1) is 5.81. The molecule has 0 saturated carbocycles. The third-order valence-electron chi connectivity index (χ3n) is 1.85. The topological polar surface area (TPSA) is 33.5 Å². The average Bonchev–Trinajstić information content (AvgIpc) is 2.55. The molecule has 0 aromatic carbocycles. The highest BCUT2D eigenvalue weighted by molar-refractivity contribution is 5.73. The number of hydrogen-bond acceptors (Lipinski definition) is 3. The molecule has 0 bridgehead atoms. The Kier molecular flexibility index (Phi) is 2.91. The minimum absolute atomic E-state index is 0.386. The largest absolute Gasteiger partial charge is 0.459 e. The maximum absolute atomic E-state index is 10.3. The molecule has 1 aromatic rings. The summed E-state index contributed by atoms with van der Waals surface area (Å²) in [4.78, 5) is 12.4.